The number of nitrogens with zero attached hydrogens (tertiary/aromatic N) is 1. The molecular weight excluding hydrogens is 184 g/mol. The number of para-hydroxylation sites is 1. The summed E-state index contributed by atoms with van der Waals surface area (Å²) in [5, 5.41) is 8.80. The lowest BCUT2D eigenvalue weighted by molar-refractivity contribution is 0.100. The van der Waals surface area contributed by atoms with E-state index in [2.05, 4.69) is 4.98 Å². The molecule has 5 heteroatoms. The predicted octanol–water partition coefficient (Wildman–Crippen LogP) is 0.419. The first-order valence-electron chi connectivity index (χ1n) is 4.01. The van der Waals surface area contributed by atoms with Crippen LogP contribution in [0.5, 0.6) is 0 Å². The summed E-state index contributed by atoms with van der Waals surface area (Å²) in [6, 6.07) is 4.90. The number of nitrogens with two attached hydrogens (primary N) is 1. The average molecular weight is 192 g/mol. The smallest absolute Gasteiger partial charge is 0.252 e. The molecule has 0 radical (unpaired) electrons. The summed E-state index contributed by atoms with van der Waals surface area (Å²) in [5.74, 6) is -0.398. The molecule has 72 valence electrons. The molecule has 0 saturated heterocycles. The quantitative estimate of drug-likeness (QED) is 0.721. The molecule has 0 aliphatic heterocycles. The molecule has 2 aromatic rings. The molecule has 0 unspecified atom stereocenters. The highest BCUT2D eigenvalue weighted by molar-refractivity contribution is 6.03. The van der Waals surface area contributed by atoms with Gasteiger partial charge < -0.3 is 15.3 Å². The molecule has 1 amide bonds. The van der Waals surface area contributed by atoms with Crippen molar-refractivity contribution < 1.29 is 14.3 Å². The van der Waals surface area contributed by atoms with E-state index >= 15 is 0 Å². The third-order valence-electron chi connectivity index (χ3n) is 1.86. The fourth-order valence-electron chi connectivity index (χ4n) is 1.26. The van der Waals surface area contributed by atoms with Gasteiger partial charge in [-0.1, -0.05) is 6.07 Å². The molecule has 1 aromatic heterocycles. The van der Waals surface area contributed by atoms with Crippen LogP contribution in [0.4, 0.5) is 0 Å². The largest absolute Gasteiger partial charge is 0.437 e. The van der Waals surface area contributed by atoms with Crippen molar-refractivity contribution in [1.82, 2.24) is 4.98 Å². The number of aliphatic hydroxyl groups excluding tert-OH is 1. The number of fused-ring (bicyclic) bond motifs is 1. The van der Waals surface area contributed by atoms with Gasteiger partial charge in [0.2, 0.25) is 5.89 Å². The van der Waals surface area contributed by atoms with Crippen LogP contribution in [0.2, 0.25) is 0 Å². The molecule has 0 aliphatic carbocycles. The molecule has 1 heterocycles. The topological polar surface area (TPSA) is 89.4 Å². The van der Waals surface area contributed by atoms with Crippen LogP contribution >= 0.6 is 0 Å². The first-order chi connectivity index (χ1) is 6.72. The van der Waals surface area contributed by atoms with E-state index in [0.717, 1.165) is 0 Å². The van der Waals surface area contributed by atoms with Gasteiger partial charge in [-0.25, -0.2) is 4.98 Å². The van der Waals surface area contributed by atoms with Crippen LogP contribution in [0.15, 0.2) is 22.6 Å². The summed E-state index contributed by atoms with van der Waals surface area (Å²) >= 11 is 0. The number of carbonyl (C=O) groups excluding carboxylic acids is 1. The SMILES string of the molecule is NC(=O)c1cccc2nc(CO)oc12. The second-order valence-corrected chi connectivity index (χ2v) is 2.78. The molecule has 0 saturated carbocycles. The summed E-state index contributed by atoms with van der Waals surface area (Å²) in [7, 11) is 0. The Morgan fingerprint density at radius 3 is 3.00 bits per heavy atom. The number of amides is 1. The first kappa shape index (κ1) is 8.71. The maximum Gasteiger partial charge on any atom is 0.252 e. The Bertz CT molecular complexity index is 490. The van der Waals surface area contributed by atoms with E-state index in [9.17, 15) is 4.79 Å². The number of aliphatic hydroxyl groups is 1. The van der Waals surface area contributed by atoms with Crippen LogP contribution in [0.1, 0.15) is 16.2 Å². The van der Waals surface area contributed by atoms with Crippen LogP contribution in [0, 0.1) is 0 Å². The molecule has 3 N–H and O–H groups in total. The van der Waals surface area contributed by atoms with Crippen molar-refractivity contribution in [3.63, 3.8) is 0 Å². The molecule has 0 aliphatic rings. The van der Waals surface area contributed by atoms with E-state index in [1.165, 1.54) is 0 Å². The van der Waals surface area contributed by atoms with Gasteiger partial charge in [0.25, 0.3) is 5.91 Å². The van der Waals surface area contributed by atoms with E-state index < -0.39 is 5.91 Å². The second-order valence-electron chi connectivity index (χ2n) is 2.78. The summed E-state index contributed by atoms with van der Waals surface area (Å²) in [4.78, 5) is 14.9. The van der Waals surface area contributed by atoms with E-state index in [1.807, 2.05) is 0 Å². The maximum absolute atomic E-state index is 11.0. The molecule has 5 nitrogen and oxygen atoms in total. The van der Waals surface area contributed by atoms with E-state index in [1.54, 1.807) is 18.2 Å². The Labute approximate surface area is 79.2 Å². The maximum atomic E-state index is 11.0. The zero-order valence-corrected chi connectivity index (χ0v) is 7.23. The van der Waals surface area contributed by atoms with Gasteiger partial charge in [0.15, 0.2) is 5.58 Å². The summed E-state index contributed by atoms with van der Waals surface area (Å²) in [6.07, 6.45) is 0. The van der Waals surface area contributed by atoms with Crippen LogP contribution in [-0.4, -0.2) is 16.0 Å². The van der Waals surface area contributed by atoms with Gasteiger partial charge in [-0.2, -0.15) is 0 Å². The highest BCUT2D eigenvalue weighted by Crippen LogP contribution is 2.19. The van der Waals surface area contributed by atoms with Gasteiger partial charge in [-0.3, -0.25) is 4.79 Å². The third kappa shape index (κ3) is 1.23. The average Bonchev–Trinajstić information content (AvgIpc) is 2.59. The van der Waals surface area contributed by atoms with Crippen molar-refractivity contribution in [3.8, 4) is 0 Å². The number of rotatable bonds is 2. The number of benzene rings is 1. The fraction of sp³-hybridized carbons (Fsp3) is 0.111. The zero-order chi connectivity index (χ0) is 10.1. The second kappa shape index (κ2) is 3.12. The first-order valence-corrected chi connectivity index (χ1v) is 4.01. The van der Waals surface area contributed by atoms with Crippen molar-refractivity contribution in [2.75, 3.05) is 0 Å². The number of aromatic nitrogens is 1. The van der Waals surface area contributed by atoms with Crippen molar-refractivity contribution in [2.45, 2.75) is 6.61 Å². The number of oxazole rings is 1. The monoisotopic (exact) mass is 192 g/mol. The Morgan fingerprint density at radius 2 is 2.36 bits per heavy atom. The lowest BCUT2D eigenvalue weighted by Crippen LogP contribution is -2.10. The number of hydrogen-bond acceptors (Lipinski definition) is 4. The van der Waals surface area contributed by atoms with Crippen LogP contribution in [0.25, 0.3) is 11.1 Å². The van der Waals surface area contributed by atoms with E-state index in [-0.39, 0.29) is 18.1 Å². The Morgan fingerprint density at radius 1 is 1.57 bits per heavy atom. The normalized spacial score (nSPS) is 10.6. The molecule has 0 atom stereocenters. The molecule has 2 rings (SSSR count). The van der Waals surface area contributed by atoms with E-state index in [4.69, 9.17) is 15.3 Å². The lowest BCUT2D eigenvalue weighted by Gasteiger charge is -1.93. The van der Waals surface area contributed by atoms with Gasteiger partial charge in [-0.15, -0.1) is 0 Å². The number of carbonyl (C=O) groups is 1. The lowest BCUT2D eigenvalue weighted by atomic mass is 10.2. The van der Waals surface area contributed by atoms with Crippen molar-refractivity contribution in [1.29, 1.82) is 0 Å². The fourth-order valence-corrected chi connectivity index (χ4v) is 1.26. The van der Waals surface area contributed by atoms with Crippen molar-refractivity contribution >= 4 is 17.0 Å². The van der Waals surface area contributed by atoms with E-state index in [0.29, 0.717) is 11.1 Å². The summed E-state index contributed by atoms with van der Waals surface area (Å²) < 4.78 is 5.15. The minimum Gasteiger partial charge on any atom is -0.437 e. The van der Waals surface area contributed by atoms with Gasteiger partial charge in [0.05, 0.1) is 5.56 Å². The standard InChI is InChI=1S/C9H8N2O3/c10-9(13)5-2-1-3-6-8(5)14-7(4-12)11-6/h1-3,12H,4H2,(H2,10,13). The highest BCUT2D eigenvalue weighted by Gasteiger charge is 2.12. The predicted molar refractivity (Wildman–Crippen MR) is 48.4 cm³/mol. The van der Waals surface area contributed by atoms with Crippen LogP contribution < -0.4 is 5.73 Å². The molecule has 1 aromatic carbocycles. The summed E-state index contributed by atoms with van der Waals surface area (Å²) in [5.41, 5.74) is 6.26. The third-order valence-corrected chi connectivity index (χ3v) is 1.86. The van der Waals surface area contributed by atoms with Gasteiger partial charge >= 0.3 is 0 Å². The number of primary amides is 1. The van der Waals surface area contributed by atoms with Gasteiger partial charge in [-0.05, 0) is 12.1 Å². The zero-order valence-electron chi connectivity index (χ0n) is 7.23. The molecular formula is C9H8N2O3. The molecule has 0 spiro atoms. The minimum absolute atomic E-state index is 0.175. The van der Waals surface area contributed by atoms with Crippen molar-refractivity contribution in [3.05, 3.63) is 29.7 Å². The molecule has 14 heavy (non-hydrogen) atoms. The number of hydrogen-bond donors (Lipinski definition) is 2. The van der Waals surface area contributed by atoms with Crippen molar-refractivity contribution in [2.24, 2.45) is 5.73 Å². The Kier molecular flexibility index (Phi) is 1.94. The van der Waals surface area contributed by atoms with Gasteiger partial charge in [0, 0.05) is 0 Å². The van der Waals surface area contributed by atoms with Crippen LogP contribution in [-0.2, 0) is 6.61 Å². The molecule has 0 fully saturated rings. The summed E-state index contributed by atoms with van der Waals surface area (Å²) in [6.45, 7) is -0.299. The van der Waals surface area contributed by atoms with Gasteiger partial charge in [0.1, 0.15) is 12.1 Å². The highest BCUT2D eigenvalue weighted by atomic mass is 16.4. The Balaban J connectivity index is 2.73. The minimum atomic E-state index is -0.573. The molecule has 0 bridgehead atoms. The van der Waals surface area contributed by atoms with Crippen LogP contribution in [0.3, 0.4) is 0 Å². The Hall–Kier alpha value is -1.88.